The fraction of sp³-hybridized carbons (Fsp3) is 0.207. The minimum atomic E-state index is -0.285. The van der Waals surface area contributed by atoms with Gasteiger partial charge < -0.3 is 9.88 Å². The highest BCUT2D eigenvalue weighted by Crippen LogP contribution is 2.28. The standard InChI is InChI=1S/C29H27ClN4O2/c1-18-12-19(2)25(20(3)13-18)16-33-26-7-5-4-6-23(26)24-15-32-34(29(36)28(24)33)17-27(35)31-14-21-8-10-22(30)11-9-21/h4-13,15H,14,16-17H2,1-3H3,(H,31,35). The van der Waals surface area contributed by atoms with E-state index >= 15 is 0 Å². The molecule has 0 aliphatic carbocycles. The highest BCUT2D eigenvalue weighted by Gasteiger charge is 2.18. The number of rotatable bonds is 6. The molecule has 182 valence electrons. The molecule has 5 rings (SSSR count). The van der Waals surface area contributed by atoms with Crippen molar-refractivity contribution in [1.82, 2.24) is 19.7 Å². The monoisotopic (exact) mass is 498 g/mol. The predicted molar refractivity (Wildman–Crippen MR) is 145 cm³/mol. The first-order valence-electron chi connectivity index (χ1n) is 11.9. The number of amides is 1. The molecule has 0 atom stereocenters. The Labute approximate surface area is 214 Å². The van der Waals surface area contributed by atoms with Crippen LogP contribution in [0.5, 0.6) is 0 Å². The van der Waals surface area contributed by atoms with E-state index in [1.165, 1.54) is 26.9 Å². The molecule has 0 saturated heterocycles. The van der Waals surface area contributed by atoms with Crippen LogP contribution in [0.1, 0.15) is 27.8 Å². The fourth-order valence-electron chi connectivity index (χ4n) is 4.88. The number of fused-ring (bicyclic) bond motifs is 3. The number of para-hydroxylation sites is 1. The maximum atomic E-state index is 13.7. The van der Waals surface area contributed by atoms with Gasteiger partial charge in [-0.15, -0.1) is 0 Å². The summed E-state index contributed by atoms with van der Waals surface area (Å²) in [4.78, 5) is 26.3. The van der Waals surface area contributed by atoms with E-state index in [2.05, 4.69) is 47.9 Å². The highest BCUT2D eigenvalue weighted by molar-refractivity contribution is 6.30. The van der Waals surface area contributed by atoms with Crippen molar-refractivity contribution in [2.45, 2.75) is 40.4 Å². The summed E-state index contributed by atoms with van der Waals surface area (Å²) < 4.78 is 3.30. The van der Waals surface area contributed by atoms with E-state index in [9.17, 15) is 9.59 Å². The quantitative estimate of drug-likeness (QED) is 0.345. The molecule has 0 bridgehead atoms. The van der Waals surface area contributed by atoms with Crippen LogP contribution >= 0.6 is 11.6 Å². The third-order valence-corrected chi connectivity index (χ3v) is 6.88. The van der Waals surface area contributed by atoms with E-state index in [4.69, 9.17) is 11.6 Å². The Kier molecular flexibility index (Phi) is 6.37. The van der Waals surface area contributed by atoms with Crippen LogP contribution in [0.3, 0.4) is 0 Å². The van der Waals surface area contributed by atoms with Crippen molar-refractivity contribution >= 4 is 39.3 Å². The first-order chi connectivity index (χ1) is 17.3. The molecule has 1 amide bonds. The number of nitrogens with one attached hydrogen (secondary N) is 1. The van der Waals surface area contributed by atoms with Crippen molar-refractivity contribution in [3.63, 3.8) is 0 Å². The second-order valence-corrected chi connectivity index (χ2v) is 9.69. The Morgan fingerprint density at radius 1 is 0.972 bits per heavy atom. The predicted octanol–water partition coefficient (Wildman–Crippen LogP) is 5.29. The highest BCUT2D eigenvalue weighted by atomic mass is 35.5. The molecule has 1 N–H and O–H groups in total. The summed E-state index contributed by atoms with van der Waals surface area (Å²) in [6.07, 6.45) is 1.69. The zero-order valence-corrected chi connectivity index (χ0v) is 21.3. The molecule has 2 aromatic heterocycles. The topological polar surface area (TPSA) is 68.9 Å². The molecule has 36 heavy (non-hydrogen) atoms. The van der Waals surface area contributed by atoms with Crippen molar-refractivity contribution < 1.29 is 4.79 Å². The molecule has 0 unspecified atom stereocenters. The molecule has 7 heteroatoms. The van der Waals surface area contributed by atoms with E-state index < -0.39 is 0 Å². The van der Waals surface area contributed by atoms with Gasteiger partial charge in [-0.05, 0) is 61.2 Å². The van der Waals surface area contributed by atoms with Crippen LogP contribution in [0.2, 0.25) is 5.02 Å². The average molecular weight is 499 g/mol. The lowest BCUT2D eigenvalue weighted by molar-refractivity contribution is -0.122. The van der Waals surface area contributed by atoms with Gasteiger partial charge in [0.2, 0.25) is 5.91 Å². The van der Waals surface area contributed by atoms with Crippen LogP contribution in [-0.4, -0.2) is 20.3 Å². The van der Waals surface area contributed by atoms with Gasteiger partial charge in [-0.3, -0.25) is 9.59 Å². The van der Waals surface area contributed by atoms with Gasteiger partial charge in [0.1, 0.15) is 12.1 Å². The van der Waals surface area contributed by atoms with Crippen molar-refractivity contribution in [2.75, 3.05) is 0 Å². The summed E-state index contributed by atoms with van der Waals surface area (Å²) in [5, 5.41) is 9.60. The molecule has 0 saturated carbocycles. The molecule has 0 fully saturated rings. The second kappa shape index (κ2) is 9.63. The van der Waals surface area contributed by atoms with E-state index in [1.807, 2.05) is 36.4 Å². The van der Waals surface area contributed by atoms with Crippen LogP contribution in [0, 0.1) is 20.8 Å². The van der Waals surface area contributed by atoms with Gasteiger partial charge in [-0.1, -0.05) is 59.6 Å². The zero-order valence-electron chi connectivity index (χ0n) is 20.5. The molecule has 0 aliphatic rings. The lowest BCUT2D eigenvalue weighted by atomic mass is 10.00. The van der Waals surface area contributed by atoms with Crippen molar-refractivity contribution in [3.05, 3.63) is 110 Å². The normalized spacial score (nSPS) is 11.3. The molecule has 2 heterocycles. The molecular formula is C29H27ClN4O2. The first kappa shape index (κ1) is 23.8. The number of carbonyl (C=O) groups is 1. The Bertz CT molecular complexity index is 1640. The number of carbonyl (C=O) groups excluding carboxylic acids is 1. The summed E-state index contributed by atoms with van der Waals surface area (Å²) in [5.74, 6) is -0.285. The van der Waals surface area contributed by atoms with Gasteiger partial charge in [0, 0.05) is 34.4 Å². The van der Waals surface area contributed by atoms with Crippen LogP contribution in [-0.2, 0) is 24.4 Å². The van der Waals surface area contributed by atoms with Crippen LogP contribution in [0.25, 0.3) is 21.8 Å². The summed E-state index contributed by atoms with van der Waals surface area (Å²) in [7, 11) is 0. The summed E-state index contributed by atoms with van der Waals surface area (Å²) >= 11 is 5.93. The van der Waals surface area contributed by atoms with E-state index in [-0.39, 0.29) is 18.0 Å². The Hall–Kier alpha value is -3.90. The smallest absolute Gasteiger partial charge is 0.291 e. The van der Waals surface area contributed by atoms with Crippen LogP contribution in [0.4, 0.5) is 0 Å². The summed E-state index contributed by atoms with van der Waals surface area (Å²) in [6.45, 7) is 7.05. The summed E-state index contributed by atoms with van der Waals surface area (Å²) in [5.41, 5.74) is 6.94. The minimum absolute atomic E-state index is 0.160. The van der Waals surface area contributed by atoms with Gasteiger partial charge in [-0.25, -0.2) is 4.68 Å². The van der Waals surface area contributed by atoms with E-state index in [0.717, 1.165) is 21.9 Å². The fourth-order valence-corrected chi connectivity index (χ4v) is 5.01. The van der Waals surface area contributed by atoms with Crippen LogP contribution < -0.4 is 10.9 Å². The number of aromatic nitrogens is 3. The molecule has 0 radical (unpaired) electrons. The van der Waals surface area contributed by atoms with Crippen molar-refractivity contribution in [2.24, 2.45) is 0 Å². The molecule has 0 spiro atoms. The zero-order chi connectivity index (χ0) is 25.4. The van der Waals surface area contributed by atoms with Gasteiger partial charge in [0.05, 0.1) is 6.20 Å². The maximum absolute atomic E-state index is 13.7. The SMILES string of the molecule is Cc1cc(C)c(Cn2c3ccccc3c3cnn(CC(=O)NCc4ccc(Cl)cc4)c(=O)c32)c(C)c1. The van der Waals surface area contributed by atoms with Crippen LogP contribution in [0.15, 0.2) is 71.7 Å². The Balaban J connectivity index is 1.52. The molecule has 5 aromatic rings. The third-order valence-electron chi connectivity index (χ3n) is 6.63. The van der Waals surface area contributed by atoms with Gasteiger partial charge in [0.15, 0.2) is 0 Å². The maximum Gasteiger partial charge on any atom is 0.291 e. The largest absolute Gasteiger partial charge is 0.350 e. The molecular weight excluding hydrogens is 472 g/mol. The number of halogens is 1. The van der Waals surface area contributed by atoms with Gasteiger partial charge in [-0.2, -0.15) is 5.10 Å². The number of nitrogens with zero attached hydrogens (tertiary/aromatic N) is 3. The lowest BCUT2D eigenvalue weighted by Gasteiger charge is -2.14. The number of hydrogen-bond donors (Lipinski definition) is 1. The number of hydrogen-bond acceptors (Lipinski definition) is 3. The van der Waals surface area contributed by atoms with E-state index in [1.54, 1.807) is 18.3 Å². The lowest BCUT2D eigenvalue weighted by Crippen LogP contribution is -2.33. The van der Waals surface area contributed by atoms with Gasteiger partial charge >= 0.3 is 0 Å². The Morgan fingerprint density at radius 2 is 1.67 bits per heavy atom. The summed E-state index contributed by atoms with van der Waals surface area (Å²) in [6, 6.07) is 19.6. The van der Waals surface area contributed by atoms with Crippen molar-refractivity contribution in [1.29, 1.82) is 0 Å². The average Bonchev–Trinajstić information content (AvgIpc) is 3.17. The Morgan fingerprint density at radius 3 is 2.39 bits per heavy atom. The molecule has 0 aliphatic heterocycles. The van der Waals surface area contributed by atoms with Gasteiger partial charge in [0.25, 0.3) is 5.56 Å². The first-order valence-corrected chi connectivity index (χ1v) is 12.2. The second-order valence-electron chi connectivity index (χ2n) is 9.25. The van der Waals surface area contributed by atoms with E-state index in [0.29, 0.717) is 23.6 Å². The minimum Gasteiger partial charge on any atom is -0.350 e. The molecule has 6 nitrogen and oxygen atoms in total. The third kappa shape index (κ3) is 4.52. The number of benzene rings is 3. The number of aryl methyl sites for hydroxylation is 3. The van der Waals surface area contributed by atoms with Crippen molar-refractivity contribution in [3.8, 4) is 0 Å². The molecule has 3 aromatic carbocycles.